The molecule has 1 atom stereocenters. The number of hydrogen-bond acceptors (Lipinski definition) is 0. The summed E-state index contributed by atoms with van der Waals surface area (Å²) in [4.78, 5) is 0. The molecule has 0 fully saturated rings. The molecule has 3 aromatic rings. The van der Waals surface area contributed by atoms with Gasteiger partial charge in [0.2, 0.25) is 0 Å². The summed E-state index contributed by atoms with van der Waals surface area (Å²) in [6.07, 6.45) is 3.81. The predicted molar refractivity (Wildman–Crippen MR) is 118 cm³/mol. The fourth-order valence-corrected chi connectivity index (χ4v) is 4.33. The van der Waals surface area contributed by atoms with E-state index in [0.29, 0.717) is 36.8 Å². The molecule has 170 valence electrons. The van der Waals surface area contributed by atoms with Gasteiger partial charge in [-0.25, -0.2) is 22.0 Å². The van der Waals surface area contributed by atoms with Crippen molar-refractivity contribution in [1.29, 1.82) is 0 Å². The summed E-state index contributed by atoms with van der Waals surface area (Å²) in [7, 11) is 0. The van der Waals surface area contributed by atoms with Crippen molar-refractivity contribution in [2.45, 2.75) is 51.4 Å². The third kappa shape index (κ3) is 4.95. The van der Waals surface area contributed by atoms with Gasteiger partial charge in [-0.1, -0.05) is 37.3 Å². The molecule has 0 saturated carbocycles. The van der Waals surface area contributed by atoms with Crippen molar-refractivity contribution in [2.24, 2.45) is 0 Å². The maximum Gasteiger partial charge on any atom is 0.162 e. The highest BCUT2D eigenvalue weighted by Crippen LogP contribution is 2.36. The highest BCUT2D eigenvalue weighted by Gasteiger charge is 2.26. The fraction of sp³-hybridized carbons (Fsp3) is 0.286. The van der Waals surface area contributed by atoms with Crippen LogP contribution in [0.4, 0.5) is 22.0 Å². The standard InChI is InChI=1S/C28H23F5/c1-2-3-4-18-10-11-23(28(33)27(18)32)20-9-8-19-14-21(25(30)16-22(19)15-20)7-5-17-6-12-24(29)26(31)13-17/h6,10-14,16,20H,2-4,8-9,15H2,1H3. The Kier molecular flexibility index (Phi) is 6.83. The van der Waals surface area contributed by atoms with E-state index >= 15 is 0 Å². The molecule has 0 aliphatic heterocycles. The van der Waals surface area contributed by atoms with Crippen LogP contribution in [0.2, 0.25) is 0 Å². The zero-order chi connectivity index (χ0) is 23.5. The molecule has 0 heterocycles. The Balaban J connectivity index is 1.56. The van der Waals surface area contributed by atoms with Crippen molar-refractivity contribution in [1.82, 2.24) is 0 Å². The second kappa shape index (κ2) is 9.79. The maximum absolute atomic E-state index is 14.8. The zero-order valence-corrected chi connectivity index (χ0v) is 18.3. The fourth-order valence-electron chi connectivity index (χ4n) is 4.33. The summed E-state index contributed by atoms with van der Waals surface area (Å²) in [5.74, 6) is 1.01. The van der Waals surface area contributed by atoms with E-state index in [4.69, 9.17) is 0 Å². The predicted octanol–water partition coefficient (Wildman–Crippen LogP) is 7.40. The molecule has 0 saturated heterocycles. The smallest absolute Gasteiger partial charge is 0.162 e. The lowest BCUT2D eigenvalue weighted by Gasteiger charge is -2.26. The van der Waals surface area contributed by atoms with Gasteiger partial charge in [-0.05, 0) is 90.6 Å². The molecule has 4 rings (SSSR count). The summed E-state index contributed by atoms with van der Waals surface area (Å²) in [5.41, 5.74) is 2.78. The summed E-state index contributed by atoms with van der Waals surface area (Å²) >= 11 is 0. The highest BCUT2D eigenvalue weighted by molar-refractivity contribution is 5.48. The molecule has 0 N–H and O–H groups in total. The van der Waals surface area contributed by atoms with Gasteiger partial charge < -0.3 is 0 Å². The highest BCUT2D eigenvalue weighted by atomic mass is 19.2. The third-order valence-electron chi connectivity index (χ3n) is 6.21. The minimum Gasteiger partial charge on any atom is -0.206 e. The molecule has 1 aliphatic rings. The Labute approximate surface area is 190 Å². The van der Waals surface area contributed by atoms with E-state index in [1.807, 2.05) is 6.92 Å². The van der Waals surface area contributed by atoms with Crippen molar-refractivity contribution in [3.05, 3.63) is 105 Å². The molecule has 0 radical (unpaired) electrons. The molecule has 0 spiro atoms. The number of unbranched alkanes of at least 4 members (excludes halogenated alkanes) is 1. The van der Waals surface area contributed by atoms with Gasteiger partial charge in [-0.3, -0.25) is 0 Å². The molecule has 1 unspecified atom stereocenters. The average molecular weight is 454 g/mol. The SMILES string of the molecule is CCCCc1ccc(C2CCc3cc(C#Cc4ccc(F)c(F)c4)c(F)cc3C2)c(F)c1F. The van der Waals surface area contributed by atoms with Crippen LogP contribution in [0.5, 0.6) is 0 Å². The van der Waals surface area contributed by atoms with Gasteiger partial charge in [0, 0.05) is 5.56 Å². The van der Waals surface area contributed by atoms with Crippen molar-refractivity contribution in [3.8, 4) is 11.8 Å². The van der Waals surface area contributed by atoms with Crippen LogP contribution in [0, 0.1) is 40.9 Å². The molecule has 0 amide bonds. The summed E-state index contributed by atoms with van der Waals surface area (Å²) in [6, 6.07) is 9.63. The number of fused-ring (bicyclic) bond motifs is 1. The van der Waals surface area contributed by atoms with E-state index in [1.54, 1.807) is 18.2 Å². The molecule has 0 bridgehead atoms. The lowest BCUT2D eigenvalue weighted by molar-refractivity contribution is 0.466. The Morgan fingerprint density at radius 3 is 2.39 bits per heavy atom. The Morgan fingerprint density at radius 2 is 1.64 bits per heavy atom. The van der Waals surface area contributed by atoms with Gasteiger partial charge in [-0.2, -0.15) is 0 Å². The van der Waals surface area contributed by atoms with Gasteiger partial charge in [0.15, 0.2) is 23.3 Å². The number of rotatable bonds is 4. The Morgan fingerprint density at radius 1 is 0.818 bits per heavy atom. The van der Waals surface area contributed by atoms with Crippen molar-refractivity contribution in [2.75, 3.05) is 0 Å². The van der Waals surface area contributed by atoms with Crippen LogP contribution in [0.1, 0.15) is 65.5 Å². The zero-order valence-electron chi connectivity index (χ0n) is 18.3. The number of aryl methyl sites for hydroxylation is 2. The van der Waals surface area contributed by atoms with Crippen molar-refractivity contribution in [3.63, 3.8) is 0 Å². The lowest BCUT2D eigenvalue weighted by atomic mass is 9.79. The van der Waals surface area contributed by atoms with E-state index in [0.717, 1.165) is 36.1 Å². The van der Waals surface area contributed by atoms with E-state index < -0.39 is 29.1 Å². The molecule has 33 heavy (non-hydrogen) atoms. The van der Waals surface area contributed by atoms with Gasteiger partial charge in [-0.15, -0.1) is 0 Å². The second-order valence-corrected chi connectivity index (χ2v) is 8.46. The molecular formula is C28H23F5. The Bertz CT molecular complexity index is 1250. The van der Waals surface area contributed by atoms with Crippen LogP contribution in [0.3, 0.4) is 0 Å². The van der Waals surface area contributed by atoms with E-state index in [1.165, 1.54) is 12.1 Å². The largest absolute Gasteiger partial charge is 0.206 e. The third-order valence-corrected chi connectivity index (χ3v) is 6.21. The first-order valence-corrected chi connectivity index (χ1v) is 11.1. The van der Waals surface area contributed by atoms with Crippen LogP contribution in [-0.4, -0.2) is 0 Å². The number of hydrogen-bond donors (Lipinski definition) is 0. The minimum absolute atomic E-state index is 0.162. The second-order valence-electron chi connectivity index (χ2n) is 8.46. The van der Waals surface area contributed by atoms with Gasteiger partial charge >= 0.3 is 0 Å². The van der Waals surface area contributed by atoms with Crippen LogP contribution >= 0.6 is 0 Å². The lowest BCUT2D eigenvalue weighted by Crippen LogP contribution is -2.16. The average Bonchev–Trinajstić information content (AvgIpc) is 2.80. The van der Waals surface area contributed by atoms with Gasteiger partial charge in [0.1, 0.15) is 5.82 Å². The quantitative estimate of drug-likeness (QED) is 0.285. The van der Waals surface area contributed by atoms with Gasteiger partial charge in [0.05, 0.1) is 5.56 Å². The van der Waals surface area contributed by atoms with Crippen molar-refractivity contribution < 1.29 is 22.0 Å². The summed E-state index contributed by atoms with van der Waals surface area (Å²) in [5, 5.41) is 0. The molecular weight excluding hydrogens is 431 g/mol. The first-order valence-electron chi connectivity index (χ1n) is 11.1. The number of halogens is 5. The Hall–Kier alpha value is -3.13. The van der Waals surface area contributed by atoms with Crippen molar-refractivity contribution >= 4 is 0 Å². The molecule has 0 nitrogen and oxygen atoms in total. The molecule has 3 aromatic carbocycles. The molecule has 1 aliphatic carbocycles. The summed E-state index contributed by atoms with van der Waals surface area (Å²) in [6.45, 7) is 2.00. The first kappa shape index (κ1) is 23.0. The monoisotopic (exact) mass is 454 g/mol. The molecule has 5 heteroatoms. The maximum atomic E-state index is 14.8. The van der Waals surface area contributed by atoms with Crippen LogP contribution < -0.4 is 0 Å². The van der Waals surface area contributed by atoms with E-state index in [2.05, 4.69) is 11.8 Å². The minimum atomic E-state index is -1.01. The van der Waals surface area contributed by atoms with Crippen LogP contribution in [-0.2, 0) is 19.3 Å². The summed E-state index contributed by atoms with van der Waals surface area (Å²) < 4.78 is 70.4. The van der Waals surface area contributed by atoms with Crippen LogP contribution in [0.15, 0.2) is 42.5 Å². The topological polar surface area (TPSA) is 0 Å². The molecule has 0 aromatic heterocycles. The van der Waals surface area contributed by atoms with E-state index in [9.17, 15) is 22.0 Å². The normalized spacial score (nSPS) is 15.0. The van der Waals surface area contributed by atoms with Gasteiger partial charge in [0.25, 0.3) is 0 Å². The van der Waals surface area contributed by atoms with E-state index in [-0.39, 0.29) is 17.0 Å². The van der Waals surface area contributed by atoms with Crippen LogP contribution in [0.25, 0.3) is 0 Å². The first-order chi connectivity index (χ1) is 15.9. The number of benzene rings is 3.